The Balaban J connectivity index is 1.90. The van der Waals surface area contributed by atoms with Gasteiger partial charge in [0.2, 0.25) is 0 Å². The number of nitrogens with zero attached hydrogens (tertiary/aromatic N) is 2. The van der Waals surface area contributed by atoms with Crippen LogP contribution in [0.3, 0.4) is 0 Å². The van der Waals surface area contributed by atoms with E-state index in [-0.39, 0.29) is 0 Å². The highest BCUT2D eigenvalue weighted by Gasteiger charge is 2.15. The van der Waals surface area contributed by atoms with Gasteiger partial charge in [-0.3, -0.25) is 4.68 Å². The minimum Gasteiger partial charge on any atom is -0.307 e. The molecule has 0 aliphatic carbocycles. The first-order valence-corrected chi connectivity index (χ1v) is 6.28. The van der Waals surface area contributed by atoms with Crippen molar-refractivity contribution in [1.82, 2.24) is 15.1 Å². The topological polar surface area (TPSA) is 29.9 Å². The van der Waals surface area contributed by atoms with E-state index in [0.717, 1.165) is 17.3 Å². The van der Waals surface area contributed by atoms with E-state index in [1.165, 1.54) is 17.9 Å². The molecule has 5 heteroatoms. The summed E-state index contributed by atoms with van der Waals surface area (Å²) in [7, 11) is 1.92. The lowest BCUT2D eigenvalue weighted by molar-refractivity contribution is 0.536. The van der Waals surface area contributed by atoms with Gasteiger partial charge in [-0.25, -0.2) is 0 Å². The molecule has 0 saturated carbocycles. The molecular formula is C9H14ClN3S. The molecule has 1 atom stereocenters. The Hall–Kier alpha value is -0.190. The van der Waals surface area contributed by atoms with Gasteiger partial charge >= 0.3 is 0 Å². The van der Waals surface area contributed by atoms with Crippen LogP contribution in [0.4, 0.5) is 0 Å². The van der Waals surface area contributed by atoms with Crippen LogP contribution in [-0.2, 0) is 13.6 Å². The van der Waals surface area contributed by atoms with Gasteiger partial charge in [0.15, 0.2) is 0 Å². The van der Waals surface area contributed by atoms with Crippen LogP contribution in [-0.4, -0.2) is 27.3 Å². The van der Waals surface area contributed by atoms with Gasteiger partial charge < -0.3 is 5.32 Å². The maximum atomic E-state index is 6.00. The van der Waals surface area contributed by atoms with Crippen LogP contribution in [0.25, 0.3) is 0 Å². The molecule has 1 aliphatic rings. The summed E-state index contributed by atoms with van der Waals surface area (Å²) in [6.45, 7) is 0.820. The van der Waals surface area contributed by atoms with E-state index < -0.39 is 0 Å². The van der Waals surface area contributed by atoms with Crippen molar-refractivity contribution >= 4 is 23.4 Å². The molecule has 1 unspecified atom stereocenters. The lowest BCUT2D eigenvalue weighted by atomic mass is 10.2. The van der Waals surface area contributed by atoms with Crippen molar-refractivity contribution in [1.29, 1.82) is 0 Å². The predicted octanol–water partition coefficient (Wildman–Crippen LogP) is 1.67. The summed E-state index contributed by atoms with van der Waals surface area (Å²) in [5, 5.41) is 8.36. The Morgan fingerprint density at radius 3 is 3.21 bits per heavy atom. The Kier molecular flexibility index (Phi) is 3.36. The molecule has 0 radical (unpaired) electrons. The first-order chi connectivity index (χ1) is 6.77. The Morgan fingerprint density at radius 2 is 2.64 bits per heavy atom. The second kappa shape index (κ2) is 4.55. The standard InChI is InChI=1S/C9H14ClN3S/c1-13-9(8(10)4-12-13)5-11-7-2-3-14-6-7/h4,7,11H,2-3,5-6H2,1H3. The number of hydrogen-bond donors (Lipinski definition) is 1. The van der Waals surface area contributed by atoms with E-state index in [9.17, 15) is 0 Å². The van der Waals surface area contributed by atoms with Gasteiger partial charge in [0.25, 0.3) is 0 Å². The monoisotopic (exact) mass is 231 g/mol. The molecule has 3 nitrogen and oxygen atoms in total. The number of halogens is 1. The number of nitrogens with one attached hydrogen (secondary N) is 1. The van der Waals surface area contributed by atoms with Crippen LogP contribution in [0.15, 0.2) is 6.20 Å². The molecule has 0 bridgehead atoms. The van der Waals surface area contributed by atoms with E-state index in [1.807, 2.05) is 23.5 Å². The third kappa shape index (κ3) is 2.24. The maximum absolute atomic E-state index is 6.00. The summed E-state index contributed by atoms with van der Waals surface area (Å²) >= 11 is 8.01. The van der Waals surface area contributed by atoms with E-state index in [2.05, 4.69) is 10.4 Å². The van der Waals surface area contributed by atoms with Crippen molar-refractivity contribution in [3.05, 3.63) is 16.9 Å². The number of aromatic nitrogens is 2. The highest BCUT2D eigenvalue weighted by Crippen LogP contribution is 2.19. The molecule has 1 saturated heterocycles. The zero-order valence-electron chi connectivity index (χ0n) is 8.16. The molecule has 2 rings (SSSR count). The van der Waals surface area contributed by atoms with Crippen LogP contribution < -0.4 is 5.32 Å². The molecule has 1 aromatic rings. The van der Waals surface area contributed by atoms with Gasteiger partial charge in [-0.1, -0.05) is 11.6 Å². The zero-order valence-corrected chi connectivity index (χ0v) is 9.74. The van der Waals surface area contributed by atoms with Crippen molar-refractivity contribution in [2.24, 2.45) is 7.05 Å². The van der Waals surface area contributed by atoms with Crippen LogP contribution in [0.2, 0.25) is 5.02 Å². The third-order valence-corrected chi connectivity index (χ3v) is 3.98. The number of thioether (sulfide) groups is 1. The maximum Gasteiger partial charge on any atom is 0.0831 e. The van der Waals surface area contributed by atoms with E-state index in [1.54, 1.807) is 6.20 Å². The third-order valence-electron chi connectivity index (χ3n) is 2.50. The lowest BCUT2D eigenvalue weighted by Gasteiger charge is -2.11. The molecular weight excluding hydrogens is 218 g/mol. The van der Waals surface area contributed by atoms with Gasteiger partial charge in [-0.2, -0.15) is 16.9 Å². The molecule has 0 spiro atoms. The van der Waals surface area contributed by atoms with Crippen LogP contribution in [0.5, 0.6) is 0 Å². The van der Waals surface area contributed by atoms with Crippen molar-refractivity contribution in [3.8, 4) is 0 Å². The summed E-state index contributed by atoms with van der Waals surface area (Å²) < 4.78 is 1.83. The van der Waals surface area contributed by atoms with Crippen molar-refractivity contribution < 1.29 is 0 Å². The van der Waals surface area contributed by atoms with Crippen LogP contribution in [0.1, 0.15) is 12.1 Å². The molecule has 2 heterocycles. The highest BCUT2D eigenvalue weighted by atomic mass is 35.5. The molecule has 14 heavy (non-hydrogen) atoms. The quantitative estimate of drug-likeness (QED) is 0.859. The predicted molar refractivity (Wildman–Crippen MR) is 60.8 cm³/mol. The highest BCUT2D eigenvalue weighted by molar-refractivity contribution is 7.99. The minimum absolute atomic E-state index is 0.644. The molecule has 1 N–H and O–H groups in total. The molecule has 0 amide bonds. The normalized spacial score (nSPS) is 21.7. The van der Waals surface area contributed by atoms with Gasteiger partial charge in [0.1, 0.15) is 0 Å². The summed E-state index contributed by atoms with van der Waals surface area (Å²) in [5.74, 6) is 2.49. The summed E-state index contributed by atoms with van der Waals surface area (Å²) in [6.07, 6.45) is 2.96. The number of aryl methyl sites for hydroxylation is 1. The Bertz CT molecular complexity index is 288. The molecule has 1 aliphatic heterocycles. The zero-order chi connectivity index (χ0) is 9.97. The fraction of sp³-hybridized carbons (Fsp3) is 0.667. The second-order valence-corrected chi connectivity index (χ2v) is 5.06. The molecule has 1 fully saturated rings. The van der Waals surface area contributed by atoms with Crippen LogP contribution >= 0.6 is 23.4 Å². The van der Waals surface area contributed by atoms with Gasteiger partial charge in [0, 0.05) is 25.4 Å². The molecule has 0 aromatic carbocycles. The number of hydrogen-bond acceptors (Lipinski definition) is 3. The fourth-order valence-corrected chi connectivity index (χ4v) is 2.99. The summed E-state index contributed by atoms with van der Waals surface area (Å²) in [4.78, 5) is 0. The second-order valence-electron chi connectivity index (χ2n) is 3.50. The Morgan fingerprint density at radius 1 is 1.79 bits per heavy atom. The number of rotatable bonds is 3. The van der Waals surface area contributed by atoms with Crippen molar-refractivity contribution in [2.45, 2.75) is 19.0 Å². The van der Waals surface area contributed by atoms with E-state index in [0.29, 0.717) is 6.04 Å². The van der Waals surface area contributed by atoms with Gasteiger partial charge in [-0.15, -0.1) is 0 Å². The van der Waals surface area contributed by atoms with Crippen molar-refractivity contribution in [2.75, 3.05) is 11.5 Å². The van der Waals surface area contributed by atoms with Gasteiger partial charge in [0.05, 0.1) is 16.9 Å². The Labute approximate surface area is 93.2 Å². The van der Waals surface area contributed by atoms with Crippen LogP contribution in [0, 0.1) is 0 Å². The van der Waals surface area contributed by atoms with Gasteiger partial charge in [-0.05, 0) is 12.2 Å². The minimum atomic E-state index is 0.644. The van der Waals surface area contributed by atoms with E-state index in [4.69, 9.17) is 11.6 Å². The average molecular weight is 232 g/mol. The van der Waals surface area contributed by atoms with E-state index >= 15 is 0 Å². The lowest BCUT2D eigenvalue weighted by Crippen LogP contribution is -2.28. The van der Waals surface area contributed by atoms with Crippen molar-refractivity contribution in [3.63, 3.8) is 0 Å². The summed E-state index contributed by atoms with van der Waals surface area (Å²) in [5.41, 5.74) is 1.07. The fourth-order valence-electron chi connectivity index (χ4n) is 1.57. The first kappa shape index (κ1) is 10.3. The largest absolute Gasteiger partial charge is 0.307 e. The first-order valence-electron chi connectivity index (χ1n) is 4.75. The summed E-state index contributed by atoms with van der Waals surface area (Å²) in [6, 6.07) is 0.644. The molecule has 1 aromatic heterocycles. The smallest absolute Gasteiger partial charge is 0.0831 e. The SMILES string of the molecule is Cn1ncc(Cl)c1CNC1CCSC1. The molecule has 78 valence electrons. The average Bonchev–Trinajstić information content (AvgIpc) is 2.76.